The minimum Gasteiger partial charge on any atom is -0.325 e. The van der Waals surface area contributed by atoms with E-state index >= 15 is 0 Å². The SMILES string of the molecule is CCC(=O)N(c1nnc(SCC(=O)Nc2c(C)cccc2CC)s1)C1CC1. The maximum absolute atomic E-state index is 12.4. The van der Waals surface area contributed by atoms with Crippen molar-refractivity contribution in [2.24, 2.45) is 0 Å². The van der Waals surface area contributed by atoms with E-state index in [1.54, 1.807) is 4.90 Å². The van der Waals surface area contributed by atoms with Gasteiger partial charge in [-0.2, -0.15) is 0 Å². The van der Waals surface area contributed by atoms with Crippen molar-refractivity contribution in [2.45, 2.75) is 56.8 Å². The molecule has 3 rings (SSSR count). The molecule has 1 N–H and O–H groups in total. The molecule has 1 aromatic heterocycles. The number of para-hydroxylation sites is 1. The molecule has 1 aliphatic rings. The largest absolute Gasteiger partial charge is 0.325 e. The summed E-state index contributed by atoms with van der Waals surface area (Å²) in [5.41, 5.74) is 3.09. The molecular weight excluding hydrogens is 380 g/mol. The second-order valence-corrected chi connectivity index (χ2v) is 8.68. The highest BCUT2D eigenvalue weighted by atomic mass is 32.2. The molecule has 0 saturated heterocycles. The number of carbonyl (C=O) groups excluding carboxylic acids is 2. The second kappa shape index (κ2) is 8.84. The summed E-state index contributed by atoms with van der Waals surface area (Å²) >= 11 is 2.73. The van der Waals surface area contributed by atoms with Gasteiger partial charge in [0, 0.05) is 18.2 Å². The standard InChI is InChI=1S/C19H24N4O2S2/c1-4-13-8-6-7-12(3)17(13)20-15(24)11-26-19-22-21-18(27-19)23(14-9-10-14)16(25)5-2/h6-8,14H,4-5,9-11H2,1-3H3,(H,20,24). The smallest absolute Gasteiger partial charge is 0.234 e. The Bertz CT molecular complexity index is 833. The molecule has 8 heteroatoms. The van der Waals surface area contributed by atoms with Crippen molar-refractivity contribution >= 4 is 45.7 Å². The van der Waals surface area contributed by atoms with Crippen molar-refractivity contribution in [1.29, 1.82) is 0 Å². The van der Waals surface area contributed by atoms with E-state index in [0.29, 0.717) is 15.9 Å². The summed E-state index contributed by atoms with van der Waals surface area (Å²) in [7, 11) is 0. The van der Waals surface area contributed by atoms with Crippen molar-refractivity contribution in [1.82, 2.24) is 10.2 Å². The van der Waals surface area contributed by atoms with E-state index in [4.69, 9.17) is 0 Å². The zero-order valence-corrected chi connectivity index (χ0v) is 17.5. The molecule has 1 aliphatic carbocycles. The first-order valence-corrected chi connectivity index (χ1v) is 11.0. The number of rotatable bonds is 8. The van der Waals surface area contributed by atoms with Crippen LogP contribution in [0, 0.1) is 6.92 Å². The number of nitrogens with zero attached hydrogens (tertiary/aromatic N) is 3. The quantitative estimate of drug-likeness (QED) is 0.531. The van der Waals surface area contributed by atoms with Gasteiger partial charge in [-0.25, -0.2) is 0 Å². The maximum Gasteiger partial charge on any atom is 0.234 e. The molecule has 2 amide bonds. The minimum atomic E-state index is -0.0653. The lowest BCUT2D eigenvalue weighted by Gasteiger charge is -2.17. The third-order valence-electron chi connectivity index (χ3n) is 4.42. The first kappa shape index (κ1) is 19.8. The summed E-state index contributed by atoms with van der Waals surface area (Å²) in [6, 6.07) is 6.30. The number of benzene rings is 1. The van der Waals surface area contributed by atoms with Crippen LogP contribution < -0.4 is 10.2 Å². The van der Waals surface area contributed by atoms with Gasteiger partial charge in [-0.1, -0.05) is 55.1 Å². The fraction of sp³-hybridized carbons (Fsp3) is 0.474. The highest BCUT2D eigenvalue weighted by Gasteiger charge is 2.35. The minimum absolute atomic E-state index is 0.0653. The van der Waals surface area contributed by atoms with Crippen LogP contribution in [0.5, 0.6) is 0 Å². The zero-order chi connectivity index (χ0) is 19.4. The van der Waals surface area contributed by atoms with Crippen LogP contribution in [0.15, 0.2) is 22.5 Å². The predicted octanol–water partition coefficient (Wildman–Crippen LogP) is 4.05. The molecule has 0 spiro atoms. The van der Waals surface area contributed by atoms with Crippen LogP contribution in [-0.2, 0) is 16.0 Å². The molecule has 2 aromatic rings. The summed E-state index contributed by atoms with van der Waals surface area (Å²) in [6.07, 6.45) is 3.36. The number of aromatic nitrogens is 2. The van der Waals surface area contributed by atoms with E-state index < -0.39 is 0 Å². The number of aryl methyl sites for hydroxylation is 2. The van der Waals surface area contributed by atoms with Crippen molar-refractivity contribution in [3.63, 3.8) is 0 Å². The van der Waals surface area contributed by atoms with Gasteiger partial charge in [0.05, 0.1) is 5.75 Å². The Hall–Kier alpha value is -1.93. The van der Waals surface area contributed by atoms with Crippen LogP contribution in [0.3, 0.4) is 0 Å². The molecule has 1 fully saturated rings. The molecule has 27 heavy (non-hydrogen) atoms. The molecule has 0 bridgehead atoms. The highest BCUT2D eigenvalue weighted by molar-refractivity contribution is 8.01. The number of nitrogens with one attached hydrogen (secondary N) is 1. The van der Waals surface area contributed by atoms with E-state index in [1.165, 1.54) is 23.1 Å². The van der Waals surface area contributed by atoms with Gasteiger partial charge in [0.25, 0.3) is 0 Å². The third kappa shape index (κ3) is 4.87. The molecule has 1 saturated carbocycles. The van der Waals surface area contributed by atoms with Gasteiger partial charge in [-0.3, -0.25) is 14.5 Å². The van der Waals surface area contributed by atoms with E-state index in [0.717, 1.165) is 36.1 Å². The molecular formula is C19H24N4O2S2. The van der Waals surface area contributed by atoms with Crippen molar-refractivity contribution < 1.29 is 9.59 Å². The van der Waals surface area contributed by atoms with Crippen LogP contribution in [0.2, 0.25) is 0 Å². The number of amides is 2. The fourth-order valence-corrected chi connectivity index (χ4v) is 4.56. The van der Waals surface area contributed by atoms with Gasteiger partial charge in [-0.15, -0.1) is 10.2 Å². The van der Waals surface area contributed by atoms with Crippen molar-refractivity contribution in [3.8, 4) is 0 Å². The number of thioether (sulfide) groups is 1. The number of carbonyl (C=O) groups is 2. The predicted molar refractivity (Wildman–Crippen MR) is 111 cm³/mol. The number of hydrogen-bond acceptors (Lipinski definition) is 6. The van der Waals surface area contributed by atoms with Crippen LogP contribution in [0.1, 0.15) is 44.2 Å². The van der Waals surface area contributed by atoms with Gasteiger partial charge in [-0.05, 0) is 37.3 Å². The Morgan fingerprint density at radius 2 is 2.07 bits per heavy atom. The van der Waals surface area contributed by atoms with Gasteiger partial charge >= 0.3 is 0 Å². The lowest BCUT2D eigenvalue weighted by atomic mass is 10.1. The first-order valence-electron chi connectivity index (χ1n) is 9.20. The summed E-state index contributed by atoms with van der Waals surface area (Å²) in [5, 5.41) is 12.0. The van der Waals surface area contributed by atoms with Gasteiger partial charge < -0.3 is 5.32 Å². The topological polar surface area (TPSA) is 75.2 Å². The summed E-state index contributed by atoms with van der Waals surface area (Å²) in [4.78, 5) is 26.3. The lowest BCUT2D eigenvalue weighted by Crippen LogP contribution is -2.32. The van der Waals surface area contributed by atoms with E-state index in [9.17, 15) is 9.59 Å². The van der Waals surface area contributed by atoms with Crippen LogP contribution in [0.25, 0.3) is 0 Å². The Kier molecular flexibility index (Phi) is 6.49. The number of hydrogen-bond donors (Lipinski definition) is 1. The van der Waals surface area contributed by atoms with Crippen molar-refractivity contribution in [2.75, 3.05) is 16.0 Å². The Morgan fingerprint density at radius 1 is 1.30 bits per heavy atom. The van der Waals surface area contributed by atoms with Gasteiger partial charge in [0.15, 0.2) is 4.34 Å². The molecule has 0 radical (unpaired) electrons. The molecule has 144 valence electrons. The van der Waals surface area contributed by atoms with Crippen LogP contribution in [0.4, 0.5) is 10.8 Å². The lowest BCUT2D eigenvalue weighted by molar-refractivity contribution is -0.118. The second-order valence-electron chi connectivity index (χ2n) is 6.50. The molecule has 6 nitrogen and oxygen atoms in total. The highest BCUT2D eigenvalue weighted by Crippen LogP contribution is 2.36. The first-order chi connectivity index (χ1) is 13.0. The fourth-order valence-electron chi connectivity index (χ4n) is 2.83. The summed E-state index contributed by atoms with van der Waals surface area (Å²) in [6.45, 7) is 5.93. The molecule has 0 aliphatic heterocycles. The van der Waals surface area contributed by atoms with Crippen molar-refractivity contribution in [3.05, 3.63) is 29.3 Å². The van der Waals surface area contributed by atoms with E-state index in [1.807, 2.05) is 32.0 Å². The van der Waals surface area contributed by atoms with Gasteiger partial charge in [0.2, 0.25) is 16.9 Å². The van der Waals surface area contributed by atoms with Crippen LogP contribution >= 0.6 is 23.1 Å². The molecule has 1 heterocycles. The van der Waals surface area contributed by atoms with Crippen LogP contribution in [-0.4, -0.2) is 33.8 Å². The Morgan fingerprint density at radius 3 is 2.74 bits per heavy atom. The normalized spacial score (nSPS) is 13.4. The number of anilines is 2. The average molecular weight is 405 g/mol. The molecule has 1 aromatic carbocycles. The van der Waals surface area contributed by atoms with E-state index in [-0.39, 0.29) is 23.6 Å². The maximum atomic E-state index is 12.4. The summed E-state index contributed by atoms with van der Waals surface area (Å²) in [5.74, 6) is 0.274. The monoisotopic (exact) mass is 404 g/mol. The molecule has 0 unspecified atom stereocenters. The molecule has 0 atom stereocenters. The van der Waals surface area contributed by atoms with E-state index in [2.05, 4.69) is 22.4 Å². The Balaban J connectivity index is 1.60. The Labute approximate surface area is 167 Å². The average Bonchev–Trinajstić information content (AvgIpc) is 3.39. The van der Waals surface area contributed by atoms with Gasteiger partial charge in [0.1, 0.15) is 0 Å². The zero-order valence-electron chi connectivity index (χ0n) is 15.8. The summed E-state index contributed by atoms with van der Waals surface area (Å²) < 4.78 is 0.704. The third-order valence-corrected chi connectivity index (χ3v) is 6.47.